The first-order valence-electron chi connectivity index (χ1n) is 9.50. The molecule has 0 spiro atoms. The van der Waals surface area contributed by atoms with Gasteiger partial charge < -0.3 is 15.3 Å². The summed E-state index contributed by atoms with van der Waals surface area (Å²) in [5.41, 5.74) is 1.98. The van der Waals surface area contributed by atoms with Gasteiger partial charge in [0, 0.05) is 30.8 Å². The maximum Gasteiger partial charge on any atom is 0.278 e. The van der Waals surface area contributed by atoms with Crippen molar-refractivity contribution in [1.82, 2.24) is 15.7 Å². The van der Waals surface area contributed by atoms with Crippen molar-refractivity contribution >= 4 is 17.7 Å². The molecule has 8 heteroatoms. The molecule has 0 aromatic heterocycles. The van der Waals surface area contributed by atoms with Crippen LogP contribution in [-0.2, 0) is 9.59 Å². The number of hydrogen-bond acceptors (Lipinski definition) is 5. The number of amides is 3. The molecule has 2 aromatic rings. The lowest BCUT2D eigenvalue weighted by Crippen LogP contribution is -2.64. The Hall–Kier alpha value is -3.67. The number of hydroxylamine groups is 1. The number of nitrogens with one attached hydrogen (secondary N) is 2. The highest BCUT2D eigenvalue weighted by Gasteiger charge is 2.47. The summed E-state index contributed by atoms with van der Waals surface area (Å²) in [4.78, 5) is 38.1. The minimum Gasteiger partial charge on any atom is -0.389 e. The van der Waals surface area contributed by atoms with Gasteiger partial charge in [-0.15, -0.1) is 0 Å². The topological polar surface area (TPSA) is 119 Å². The van der Waals surface area contributed by atoms with Gasteiger partial charge in [0.05, 0.1) is 6.10 Å². The highest BCUT2D eigenvalue weighted by Crippen LogP contribution is 2.18. The summed E-state index contributed by atoms with van der Waals surface area (Å²) in [7, 11) is 2.63. The van der Waals surface area contributed by atoms with Crippen LogP contribution in [-0.4, -0.2) is 52.6 Å². The van der Waals surface area contributed by atoms with Gasteiger partial charge in [0.15, 0.2) is 5.54 Å². The number of aliphatic hydroxyl groups excluding tert-OH is 1. The minimum absolute atomic E-state index is 0.246. The Morgan fingerprint density at radius 3 is 1.87 bits per heavy atom. The average molecular weight is 423 g/mol. The van der Waals surface area contributed by atoms with Gasteiger partial charge in [-0.1, -0.05) is 24.0 Å². The predicted molar refractivity (Wildman–Crippen MR) is 114 cm³/mol. The van der Waals surface area contributed by atoms with Crippen molar-refractivity contribution in [3.05, 3.63) is 70.8 Å². The van der Waals surface area contributed by atoms with Crippen LogP contribution < -0.4 is 10.8 Å². The van der Waals surface area contributed by atoms with Crippen LogP contribution in [0.25, 0.3) is 0 Å². The fourth-order valence-corrected chi connectivity index (χ4v) is 2.84. The number of carbonyl (C=O) groups excluding carboxylic acids is 3. The molecular formula is C23H25N3O5. The monoisotopic (exact) mass is 423 g/mol. The van der Waals surface area contributed by atoms with Crippen LogP contribution in [0.3, 0.4) is 0 Å². The lowest BCUT2D eigenvalue weighted by Gasteiger charge is -2.34. The van der Waals surface area contributed by atoms with E-state index in [9.17, 15) is 19.5 Å². The molecule has 0 aliphatic rings. The number of rotatable bonds is 5. The van der Waals surface area contributed by atoms with Crippen LogP contribution in [0.2, 0.25) is 0 Å². The number of aliphatic hydroxyl groups is 1. The molecule has 2 rings (SSSR count). The lowest BCUT2D eigenvalue weighted by molar-refractivity contribution is -0.148. The molecule has 0 heterocycles. The van der Waals surface area contributed by atoms with Crippen LogP contribution in [0.5, 0.6) is 0 Å². The first kappa shape index (κ1) is 23.6. The second-order valence-corrected chi connectivity index (χ2v) is 7.08. The molecule has 2 aromatic carbocycles. The Balaban J connectivity index is 2.21. The van der Waals surface area contributed by atoms with Crippen molar-refractivity contribution in [3.63, 3.8) is 0 Å². The molecule has 4 N–H and O–H groups in total. The van der Waals surface area contributed by atoms with Crippen molar-refractivity contribution in [2.75, 3.05) is 14.1 Å². The first-order chi connectivity index (χ1) is 14.6. The van der Waals surface area contributed by atoms with E-state index in [0.717, 1.165) is 16.0 Å². The molecule has 0 fully saturated rings. The second kappa shape index (κ2) is 9.89. The maximum absolute atomic E-state index is 12.8. The zero-order valence-corrected chi connectivity index (χ0v) is 17.8. The van der Waals surface area contributed by atoms with Crippen LogP contribution in [0, 0.1) is 11.8 Å². The maximum atomic E-state index is 12.8. The van der Waals surface area contributed by atoms with Crippen LogP contribution in [0.15, 0.2) is 48.5 Å². The zero-order chi connectivity index (χ0) is 23.2. The number of carbonyl (C=O) groups is 3. The molecule has 8 nitrogen and oxygen atoms in total. The van der Waals surface area contributed by atoms with Gasteiger partial charge in [-0.3, -0.25) is 19.6 Å². The third-order valence-corrected chi connectivity index (χ3v) is 5.06. The Labute approximate surface area is 180 Å². The van der Waals surface area contributed by atoms with E-state index in [0.29, 0.717) is 5.56 Å². The van der Waals surface area contributed by atoms with Gasteiger partial charge in [0.1, 0.15) is 0 Å². The van der Waals surface area contributed by atoms with E-state index in [1.54, 1.807) is 43.3 Å². The van der Waals surface area contributed by atoms with Crippen LogP contribution >= 0.6 is 0 Å². The van der Waals surface area contributed by atoms with Crippen LogP contribution in [0.4, 0.5) is 0 Å². The molecule has 0 bridgehead atoms. The van der Waals surface area contributed by atoms with E-state index in [4.69, 9.17) is 5.21 Å². The minimum atomic E-state index is -1.95. The van der Waals surface area contributed by atoms with Crippen molar-refractivity contribution in [2.24, 2.45) is 0 Å². The zero-order valence-electron chi connectivity index (χ0n) is 17.8. The quantitative estimate of drug-likeness (QED) is 0.250. The summed E-state index contributed by atoms with van der Waals surface area (Å²) < 4.78 is 0. The van der Waals surface area contributed by atoms with Gasteiger partial charge in [-0.25, -0.2) is 5.48 Å². The van der Waals surface area contributed by atoms with E-state index in [2.05, 4.69) is 17.2 Å². The van der Waals surface area contributed by atoms with Gasteiger partial charge in [0.2, 0.25) is 0 Å². The lowest BCUT2D eigenvalue weighted by atomic mass is 9.96. The Kier molecular flexibility index (Phi) is 7.53. The molecule has 0 aliphatic heterocycles. The first-order valence-corrected chi connectivity index (χ1v) is 9.50. The Bertz CT molecular complexity index is 1000. The molecule has 0 saturated carbocycles. The fourth-order valence-electron chi connectivity index (χ4n) is 2.84. The molecule has 0 saturated heterocycles. The van der Waals surface area contributed by atoms with E-state index < -0.39 is 29.4 Å². The van der Waals surface area contributed by atoms with Crippen molar-refractivity contribution < 1.29 is 24.7 Å². The summed E-state index contributed by atoms with van der Waals surface area (Å²) >= 11 is 0. The van der Waals surface area contributed by atoms with E-state index in [1.165, 1.54) is 26.5 Å². The molecule has 1 unspecified atom stereocenters. The third-order valence-electron chi connectivity index (χ3n) is 5.06. The highest BCUT2D eigenvalue weighted by molar-refractivity contribution is 6.12. The molecule has 3 amide bonds. The van der Waals surface area contributed by atoms with E-state index in [-0.39, 0.29) is 5.56 Å². The molecule has 2 atom stereocenters. The number of benzene rings is 2. The summed E-state index contributed by atoms with van der Waals surface area (Å²) in [5, 5.41) is 20.9. The predicted octanol–water partition coefficient (Wildman–Crippen LogP) is 1.22. The standard InChI is InChI=1S/C23H25N3O5/c1-15(27)18-11-7-16(8-12-18)5-6-17-9-13-19(14-10-17)20(28)26(4)23(2,21(29)24-3)22(30)25-31/h7-15,27,31H,1-4H3,(H,24,29)(H,25,30)/t15?,23-/m0/s1. The molecule has 162 valence electrons. The third kappa shape index (κ3) is 5.09. The number of nitrogens with zero attached hydrogens (tertiary/aromatic N) is 1. The SMILES string of the molecule is CNC(=O)[C@@](C)(C(=O)NO)N(C)C(=O)c1ccc(C#Cc2ccc(C(C)O)cc2)cc1. The second-order valence-electron chi connectivity index (χ2n) is 7.08. The summed E-state index contributed by atoms with van der Waals surface area (Å²) in [6.07, 6.45) is -0.543. The highest BCUT2D eigenvalue weighted by atomic mass is 16.5. The smallest absolute Gasteiger partial charge is 0.278 e. The normalized spacial score (nSPS) is 13.1. The summed E-state index contributed by atoms with van der Waals surface area (Å²) in [6.45, 7) is 2.92. The average Bonchev–Trinajstić information content (AvgIpc) is 2.80. The van der Waals surface area contributed by atoms with Crippen LogP contribution in [0.1, 0.15) is 47.0 Å². The van der Waals surface area contributed by atoms with Gasteiger partial charge in [-0.05, 0) is 55.8 Å². The van der Waals surface area contributed by atoms with E-state index >= 15 is 0 Å². The molecule has 31 heavy (non-hydrogen) atoms. The molecule has 0 aliphatic carbocycles. The van der Waals surface area contributed by atoms with Crippen molar-refractivity contribution in [2.45, 2.75) is 25.5 Å². The number of likely N-dealkylation sites (N-methyl/N-ethyl adjacent to an activating group) is 2. The molecule has 0 radical (unpaired) electrons. The number of hydrogen-bond donors (Lipinski definition) is 4. The Morgan fingerprint density at radius 2 is 1.45 bits per heavy atom. The summed E-state index contributed by atoms with van der Waals surface area (Å²) in [6, 6.07) is 13.6. The molecular weight excluding hydrogens is 398 g/mol. The largest absolute Gasteiger partial charge is 0.389 e. The van der Waals surface area contributed by atoms with E-state index in [1.807, 2.05) is 12.1 Å². The summed E-state index contributed by atoms with van der Waals surface area (Å²) in [5.74, 6) is 3.63. The van der Waals surface area contributed by atoms with Gasteiger partial charge >= 0.3 is 0 Å². The van der Waals surface area contributed by atoms with Crippen molar-refractivity contribution in [1.29, 1.82) is 0 Å². The fraction of sp³-hybridized carbons (Fsp3) is 0.261. The van der Waals surface area contributed by atoms with Crippen molar-refractivity contribution in [3.8, 4) is 11.8 Å². The Morgan fingerprint density at radius 1 is 0.968 bits per heavy atom. The van der Waals surface area contributed by atoms with Gasteiger partial charge in [0.25, 0.3) is 17.7 Å². The van der Waals surface area contributed by atoms with Gasteiger partial charge in [-0.2, -0.15) is 0 Å².